The summed E-state index contributed by atoms with van der Waals surface area (Å²) < 4.78 is 26.2. The number of anilines is 1. The molecule has 29 heavy (non-hydrogen) atoms. The molecule has 0 saturated heterocycles. The summed E-state index contributed by atoms with van der Waals surface area (Å²) in [4.78, 5) is 16.3. The summed E-state index contributed by atoms with van der Waals surface area (Å²) in [5.74, 6) is -2.25. The Labute approximate surface area is 168 Å². The fourth-order valence-corrected chi connectivity index (χ4v) is 3.01. The summed E-state index contributed by atoms with van der Waals surface area (Å²) in [5, 5.41) is 2.84. The van der Waals surface area contributed by atoms with Crippen LogP contribution in [0.3, 0.4) is 0 Å². The number of rotatable bonds is 6. The highest BCUT2D eigenvalue weighted by Crippen LogP contribution is 2.25. The molecule has 3 aromatic rings. The van der Waals surface area contributed by atoms with Gasteiger partial charge in [-0.15, -0.1) is 0 Å². The lowest BCUT2D eigenvalue weighted by atomic mass is 9.98. The van der Waals surface area contributed by atoms with E-state index in [2.05, 4.69) is 10.3 Å². The Morgan fingerprint density at radius 3 is 2.72 bits per heavy atom. The van der Waals surface area contributed by atoms with Gasteiger partial charge in [-0.05, 0) is 53.5 Å². The van der Waals surface area contributed by atoms with E-state index in [0.29, 0.717) is 17.7 Å². The van der Waals surface area contributed by atoms with Crippen LogP contribution in [0.1, 0.15) is 35.2 Å². The number of carbonyl (C=O) groups excluding carboxylic acids is 1. The highest BCUT2D eigenvalue weighted by Gasteiger charge is 2.13. The maximum Gasteiger partial charge on any atom is 0.244 e. The molecular formula is C23H21F2N3O. The molecule has 0 aliphatic rings. The normalized spacial score (nSPS) is 12.1. The summed E-state index contributed by atoms with van der Waals surface area (Å²) in [6.45, 7) is 1.84. The van der Waals surface area contributed by atoms with Crippen molar-refractivity contribution >= 4 is 17.7 Å². The van der Waals surface area contributed by atoms with Crippen molar-refractivity contribution in [3.63, 3.8) is 0 Å². The number of halogens is 2. The quantitative estimate of drug-likeness (QED) is 0.481. The Bertz CT molecular complexity index is 1040. The van der Waals surface area contributed by atoms with E-state index in [1.165, 1.54) is 18.2 Å². The lowest BCUT2D eigenvalue weighted by Crippen LogP contribution is -2.25. The van der Waals surface area contributed by atoms with Crippen molar-refractivity contribution in [3.05, 3.63) is 101 Å². The van der Waals surface area contributed by atoms with Crippen LogP contribution in [0.15, 0.2) is 67.0 Å². The molecule has 3 rings (SSSR count). The van der Waals surface area contributed by atoms with Crippen molar-refractivity contribution in [1.82, 2.24) is 10.3 Å². The average molecular weight is 393 g/mol. The predicted molar refractivity (Wildman–Crippen MR) is 110 cm³/mol. The SMILES string of the molecule is C[C@H](NC(=O)C=Cc1ccc(F)c(F)c1)c1cccc(Cc2cccnc2)c1N. The van der Waals surface area contributed by atoms with Crippen LogP contribution in [0.4, 0.5) is 14.5 Å². The number of nitrogens with zero attached hydrogens (tertiary/aromatic N) is 1. The minimum atomic E-state index is -0.959. The number of nitrogen functional groups attached to an aromatic ring is 1. The van der Waals surface area contributed by atoms with Gasteiger partial charge in [0.1, 0.15) is 0 Å². The molecular weight excluding hydrogens is 372 g/mol. The van der Waals surface area contributed by atoms with Crippen LogP contribution >= 0.6 is 0 Å². The first-order chi connectivity index (χ1) is 13.9. The van der Waals surface area contributed by atoms with Crippen LogP contribution in [0, 0.1) is 11.6 Å². The maximum atomic E-state index is 13.2. The van der Waals surface area contributed by atoms with Crippen LogP contribution in [0.25, 0.3) is 6.08 Å². The molecule has 0 aliphatic carbocycles. The third-order valence-electron chi connectivity index (χ3n) is 4.54. The van der Waals surface area contributed by atoms with E-state index in [-0.39, 0.29) is 11.9 Å². The van der Waals surface area contributed by atoms with E-state index >= 15 is 0 Å². The van der Waals surface area contributed by atoms with E-state index in [9.17, 15) is 13.6 Å². The number of hydrogen-bond donors (Lipinski definition) is 2. The zero-order valence-corrected chi connectivity index (χ0v) is 15.9. The van der Waals surface area contributed by atoms with Gasteiger partial charge in [-0.25, -0.2) is 8.78 Å². The number of benzene rings is 2. The molecule has 1 atom stereocenters. The molecule has 6 heteroatoms. The Morgan fingerprint density at radius 1 is 1.17 bits per heavy atom. The number of amides is 1. The van der Waals surface area contributed by atoms with Gasteiger partial charge in [-0.1, -0.05) is 30.3 Å². The Kier molecular flexibility index (Phi) is 6.34. The molecule has 0 aliphatic heterocycles. The fraction of sp³-hybridized carbons (Fsp3) is 0.130. The van der Waals surface area contributed by atoms with Gasteiger partial charge >= 0.3 is 0 Å². The van der Waals surface area contributed by atoms with Crippen LogP contribution in [-0.2, 0) is 11.2 Å². The number of nitrogens with one attached hydrogen (secondary N) is 1. The first kappa shape index (κ1) is 20.2. The predicted octanol–water partition coefficient (Wildman–Crippen LogP) is 4.42. The van der Waals surface area contributed by atoms with E-state index in [4.69, 9.17) is 5.73 Å². The number of carbonyl (C=O) groups is 1. The van der Waals surface area contributed by atoms with Crippen molar-refractivity contribution in [3.8, 4) is 0 Å². The highest BCUT2D eigenvalue weighted by atomic mass is 19.2. The lowest BCUT2D eigenvalue weighted by molar-refractivity contribution is -0.117. The van der Waals surface area contributed by atoms with Gasteiger partial charge in [-0.3, -0.25) is 9.78 Å². The lowest BCUT2D eigenvalue weighted by Gasteiger charge is -2.18. The molecule has 0 unspecified atom stereocenters. The number of hydrogen-bond acceptors (Lipinski definition) is 3. The third-order valence-corrected chi connectivity index (χ3v) is 4.54. The van der Waals surface area contributed by atoms with Crippen molar-refractivity contribution in [2.45, 2.75) is 19.4 Å². The summed E-state index contributed by atoms with van der Waals surface area (Å²) in [5.41, 5.74) is 10.2. The molecule has 0 spiro atoms. The Morgan fingerprint density at radius 2 is 2.00 bits per heavy atom. The highest BCUT2D eigenvalue weighted by molar-refractivity contribution is 5.92. The van der Waals surface area contributed by atoms with Gasteiger partial charge in [0.25, 0.3) is 0 Å². The Balaban J connectivity index is 1.69. The first-order valence-corrected chi connectivity index (χ1v) is 9.14. The molecule has 148 valence electrons. The maximum absolute atomic E-state index is 13.2. The smallest absolute Gasteiger partial charge is 0.244 e. The zero-order chi connectivity index (χ0) is 20.8. The summed E-state index contributed by atoms with van der Waals surface area (Å²) >= 11 is 0. The van der Waals surface area contributed by atoms with E-state index in [1.807, 2.05) is 37.3 Å². The molecule has 0 bridgehead atoms. The van der Waals surface area contributed by atoms with Gasteiger partial charge in [-0.2, -0.15) is 0 Å². The second kappa shape index (κ2) is 9.10. The van der Waals surface area contributed by atoms with Crippen molar-refractivity contribution in [1.29, 1.82) is 0 Å². The largest absolute Gasteiger partial charge is 0.398 e. The minimum Gasteiger partial charge on any atom is -0.398 e. The zero-order valence-electron chi connectivity index (χ0n) is 15.9. The average Bonchev–Trinajstić information content (AvgIpc) is 2.71. The molecule has 3 N–H and O–H groups in total. The van der Waals surface area contributed by atoms with Crippen LogP contribution in [-0.4, -0.2) is 10.9 Å². The first-order valence-electron chi connectivity index (χ1n) is 9.14. The number of pyridine rings is 1. The third kappa shape index (κ3) is 5.25. The summed E-state index contributed by atoms with van der Waals surface area (Å²) in [6, 6.07) is 12.7. The van der Waals surface area contributed by atoms with Gasteiger partial charge in [0.2, 0.25) is 5.91 Å². The monoisotopic (exact) mass is 393 g/mol. The molecule has 0 fully saturated rings. The molecule has 4 nitrogen and oxygen atoms in total. The topological polar surface area (TPSA) is 68.0 Å². The molecule has 2 aromatic carbocycles. The molecule has 1 amide bonds. The van der Waals surface area contributed by atoms with Gasteiger partial charge in [0, 0.05) is 30.6 Å². The van der Waals surface area contributed by atoms with E-state index < -0.39 is 11.6 Å². The van der Waals surface area contributed by atoms with Crippen molar-refractivity contribution < 1.29 is 13.6 Å². The van der Waals surface area contributed by atoms with Crippen molar-refractivity contribution in [2.24, 2.45) is 0 Å². The minimum absolute atomic E-state index is 0.328. The van der Waals surface area contributed by atoms with Crippen molar-refractivity contribution in [2.75, 3.05) is 5.73 Å². The summed E-state index contributed by atoms with van der Waals surface area (Å²) in [6.07, 6.45) is 6.85. The number of nitrogens with two attached hydrogens (primary N) is 1. The van der Waals surface area contributed by atoms with Gasteiger partial charge in [0.15, 0.2) is 11.6 Å². The molecule has 1 heterocycles. The number of aromatic nitrogens is 1. The standard InChI is InChI=1S/C23H21F2N3O/c1-15(28-22(29)10-8-16-7-9-20(24)21(25)13-16)19-6-2-5-18(23(19)26)12-17-4-3-11-27-14-17/h2-11,13-15H,12,26H2,1H3,(H,28,29)/t15-/m0/s1. The van der Waals surface area contributed by atoms with Gasteiger partial charge < -0.3 is 11.1 Å². The van der Waals surface area contributed by atoms with E-state index in [1.54, 1.807) is 12.4 Å². The Hall–Kier alpha value is -3.54. The number of para-hydroxylation sites is 1. The molecule has 1 aromatic heterocycles. The van der Waals surface area contributed by atoms with Crippen LogP contribution < -0.4 is 11.1 Å². The van der Waals surface area contributed by atoms with E-state index in [0.717, 1.165) is 28.8 Å². The molecule has 0 radical (unpaired) electrons. The summed E-state index contributed by atoms with van der Waals surface area (Å²) in [7, 11) is 0. The van der Waals surface area contributed by atoms with Crippen LogP contribution in [0.5, 0.6) is 0 Å². The van der Waals surface area contributed by atoms with Crippen LogP contribution in [0.2, 0.25) is 0 Å². The second-order valence-corrected chi connectivity index (χ2v) is 6.70. The second-order valence-electron chi connectivity index (χ2n) is 6.70. The fourth-order valence-electron chi connectivity index (χ4n) is 3.01. The van der Waals surface area contributed by atoms with Gasteiger partial charge in [0.05, 0.1) is 6.04 Å². The molecule has 0 saturated carbocycles.